The van der Waals surface area contributed by atoms with Crippen LogP contribution < -0.4 is 0 Å². The summed E-state index contributed by atoms with van der Waals surface area (Å²) in [5.74, 6) is -1.04. The summed E-state index contributed by atoms with van der Waals surface area (Å²) < 4.78 is 4.34. The Balaban J connectivity index is 3.99. The lowest BCUT2D eigenvalue weighted by Crippen LogP contribution is -2.24. The van der Waals surface area contributed by atoms with Crippen LogP contribution in [0.15, 0.2) is 0 Å². The van der Waals surface area contributed by atoms with Gasteiger partial charge in [-0.15, -0.1) is 0 Å². The summed E-state index contributed by atoms with van der Waals surface area (Å²) in [5, 5.41) is 0. The van der Waals surface area contributed by atoms with E-state index >= 15 is 0 Å². The summed E-state index contributed by atoms with van der Waals surface area (Å²) >= 11 is 0. The number of hydrogen-bond acceptors (Lipinski definition) is 3. The Morgan fingerprint density at radius 1 is 1.40 bits per heavy atom. The molecule has 0 amide bonds. The number of carbonyl (C=O) groups excluding carboxylic acids is 2. The van der Waals surface area contributed by atoms with E-state index in [9.17, 15) is 9.59 Å². The van der Waals surface area contributed by atoms with E-state index in [1.807, 2.05) is 0 Å². The van der Waals surface area contributed by atoms with Crippen molar-refractivity contribution in [2.45, 2.75) is 27.7 Å². The Morgan fingerprint density at radius 2 is 1.80 bits per heavy atom. The van der Waals surface area contributed by atoms with Crippen LogP contribution in [0.25, 0.3) is 0 Å². The molecule has 0 N–H and O–H groups in total. The highest BCUT2D eigenvalue weighted by molar-refractivity contribution is 5.87. The number of carbonyl (C=O) groups is 2. The third kappa shape index (κ3) is 3.22. The van der Waals surface area contributed by atoms with Crippen molar-refractivity contribution >= 4 is 11.9 Å². The van der Waals surface area contributed by atoms with Crippen LogP contribution in [0.4, 0.5) is 0 Å². The summed E-state index contributed by atoms with van der Waals surface area (Å²) in [7, 11) is 0. The maximum absolute atomic E-state index is 10.8. The fraction of sp³-hybridized carbons (Fsp3) is 0.714. The zero-order valence-corrected chi connectivity index (χ0v) is 6.72. The zero-order chi connectivity index (χ0) is 8.36. The van der Waals surface area contributed by atoms with Crippen LogP contribution in [-0.4, -0.2) is 11.9 Å². The van der Waals surface area contributed by atoms with Crippen LogP contribution in [-0.2, 0) is 14.3 Å². The van der Waals surface area contributed by atoms with Gasteiger partial charge in [-0.05, 0) is 20.8 Å². The van der Waals surface area contributed by atoms with Gasteiger partial charge in [0.1, 0.15) is 0 Å². The third-order valence-electron chi connectivity index (χ3n) is 0.849. The predicted octanol–water partition coefficient (Wildman–Crippen LogP) is 1.12. The van der Waals surface area contributed by atoms with Crippen LogP contribution in [0.2, 0.25) is 0 Å². The van der Waals surface area contributed by atoms with Crippen LogP contribution >= 0.6 is 0 Å². The maximum atomic E-state index is 10.8. The Labute approximate surface area is 60.4 Å². The maximum Gasteiger partial charge on any atom is 0.318 e. The lowest BCUT2D eigenvalue weighted by molar-refractivity contribution is -0.164. The van der Waals surface area contributed by atoms with Crippen molar-refractivity contribution in [2.24, 2.45) is 5.41 Å². The molecular weight excluding hydrogens is 134 g/mol. The van der Waals surface area contributed by atoms with Crippen molar-refractivity contribution in [1.82, 2.24) is 0 Å². The van der Waals surface area contributed by atoms with E-state index in [4.69, 9.17) is 0 Å². The first-order chi connectivity index (χ1) is 4.34. The average Bonchev–Trinajstić information content (AvgIpc) is 1.60. The second kappa shape index (κ2) is 2.82. The van der Waals surface area contributed by atoms with Crippen LogP contribution in [0.5, 0.6) is 0 Å². The van der Waals surface area contributed by atoms with E-state index in [0.717, 1.165) is 0 Å². The molecule has 0 rings (SSSR count). The van der Waals surface area contributed by atoms with E-state index in [2.05, 4.69) is 4.74 Å². The van der Waals surface area contributed by atoms with Gasteiger partial charge in [0.15, 0.2) is 0 Å². The first kappa shape index (κ1) is 9.14. The van der Waals surface area contributed by atoms with Crippen molar-refractivity contribution in [2.75, 3.05) is 0 Å². The molecular formula is C7H12O3. The van der Waals surface area contributed by atoms with Gasteiger partial charge in [-0.25, -0.2) is 0 Å². The van der Waals surface area contributed by atoms with E-state index in [1.165, 1.54) is 6.92 Å². The molecule has 0 aromatic rings. The Morgan fingerprint density at radius 3 is 1.90 bits per heavy atom. The number of hydrogen-bond donors (Lipinski definition) is 0. The molecule has 0 aromatic carbocycles. The van der Waals surface area contributed by atoms with Crippen molar-refractivity contribution in [3.63, 3.8) is 0 Å². The summed E-state index contributed by atoms with van der Waals surface area (Å²) in [4.78, 5) is 21.1. The SMILES string of the molecule is C[14C](=O)OC(=O)C(C)(C)C. The van der Waals surface area contributed by atoms with Gasteiger partial charge in [0, 0.05) is 6.92 Å². The van der Waals surface area contributed by atoms with Gasteiger partial charge in [-0.1, -0.05) is 0 Å². The Hall–Kier alpha value is -0.860. The molecule has 10 heavy (non-hydrogen) atoms. The van der Waals surface area contributed by atoms with E-state index in [0.29, 0.717) is 0 Å². The number of ether oxygens (including phenoxy) is 1. The second-order valence-electron chi connectivity index (χ2n) is 3.13. The van der Waals surface area contributed by atoms with E-state index < -0.39 is 17.4 Å². The van der Waals surface area contributed by atoms with Crippen molar-refractivity contribution < 1.29 is 14.3 Å². The molecule has 3 heteroatoms. The average molecular weight is 146 g/mol. The second-order valence-corrected chi connectivity index (χ2v) is 3.13. The van der Waals surface area contributed by atoms with Crippen molar-refractivity contribution in [3.05, 3.63) is 0 Å². The quantitative estimate of drug-likeness (QED) is 0.380. The fourth-order valence-electron chi connectivity index (χ4n) is 0.284. The molecule has 0 aliphatic carbocycles. The molecule has 0 aromatic heterocycles. The predicted molar refractivity (Wildman–Crippen MR) is 36.2 cm³/mol. The van der Waals surface area contributed by atoms with Crippen LogP contribution in [0.1, 0.15) is 27.7 Å². The normalized spacial score (nSPS) is 10.8. The molecule has 0 fully saturated rings. The van der Waals surface area contributed by atoms with Gasteiger partial charge >= 0.3 is 11.9 Å². The molecule has 0 heterocycles. The van der Waals surface area contributed by atoms with Gasteiger partial charge in [0.05, 0.1) is 5.41 Å². The highest BCUT2D eigenvalue weighted by Crippen LogP contribution is 2.14. The fourth-order valence-corrected chi connectivity index (χ4v) is 0.284. The van der Waals surface area contributed by atoms with Crippen LogP contribution in [0.3, 0.4) is 0 Å². The highest BCUT2D eigenvalue weighted by atomic mass is 16.8. The van der Waals surface area contributed by atoms with Gasteiger partial charge in [0.2, 0.25) is 0 Å². The first-order valence-corrected chi connectivity index (χ1v) is 3.07. The molecule has 0 unspecified atom stereocenters. The molecule has 0 aliphatic heterocycles. The first-order valence-electron chi connectivity index (χ1n) is 3.07. The number of rotatable bonds is 0. The van der Waals surface area contributed by atoms with Gasteiger partial charge in [-0.2, -0.15) is 0 Å². The number of esters is 2. The van der Waals surface area contributed by atoms with Crippen molar-refractivity contribution in [3.8, 4) is 0 Å². The molecule has 0 radical (unpaired) electrons. The molecule has 3 nitrogen and oxygen atoms in total. The summed E-state index contributed by atoms with van der Waals surface area (Å²) in [5.41, 5.74) is -0.592. The minimum atomic E-state index is -0.592. The lowest BCUT2D eigenvalue weighted by atomic mass is 9.98. The van der Waals surface area contributed by atoms with Gasteiger partial charge < -0.3 is 4.74 Å². The summed E-state index contributed by atoms with van der Waals surface area (Å²) in [6.07, 6.45) is 0. The summed E-state index contributed by atoms with van der Waals surface area (Å²) in [6.45, 7) is 6.29. The lowest BCUT2D eigenvalue weighted by Gasteiger charge is -2.13. The highest BCUT2D eigenvalue weighted by Gasteiger charge is 2.24. The topological polar surface area (TPSA) is 43.4 Å². The van der Waals surface area contributed by atoms with E-state index in [1.54, 1.807) is 20.8 Å². The van der Waals surface area contributed by atoms with E-state index in [-0.39, 0.29) is 0 Å². The minimum absolute atomic E-state index is 0.486. The molecule has 58 valence electrons. The minimum Gasteiger partial charge on any atom is -0.393 e. The Kier molecular flexibility index (Phi) is 2.57. The molecule has 0 bridgehead atoms. The molecule has 0 atom stereocenters. The summed E-state index contributed by atoms with van der Waals surface area (Å²) in [6, 6.07) is 0. The van der Waals surface area contributed by atoms with Gasteiger partial charge in [-0.3, -0.25) is 9.59 Å². The van der Waals surface area contributed by atoms with Crippen LogP contribution in [0, 0.1) is 5.41 Å². The van der Waals surface area contributed by atoms with Crippen molar-refractivity contribution in [1.29, 1.82) is 0 Å². The largest absolute Gasteiger partial charge is 0.393 e. The molecule has 0 aliphatic rings. The Bertz CT molecular complexity index is 153. The standard InChI is InChI=1S/C7H12O3/c1-5(8)10-6(9)7(2,3)4/h1-4H3/i5+2. The monoisotopic (exact) mass is 146 g/mol. The zero-order valence-electron chi connectivity index (χ0n) is 6.72. The molecule has 0 saturated heterocycles. The van der Waals surface area contributed by atoms with Gasteiger partial charge in [0.25, 0.3) is 0 Å². The molecule has 0 saturated carbocycles. The molecule has 0 spiro atoms. The smallest absolute Gasteiger partial charge is 0.318 e. The third-order valence-corrected chi connectivity index (χ3v) is 0.849.